The molecule has 1 aliphatic rings. The summed E-state index contributed by atoms with van der Waals surface area (Å²) < 4.78 is 41.0. The molecule has 1 amide bonds. The highest BCUT2D eigenvalue weighted by Crippen LogP contribution is 2.37. The molecule has 0 aromatic heterocycles. The molecule has 0 saturated carbocycles. The van der Waals surface area contributed by atoms with Crippen LogP contribution >= 0.6 is 39.3 Å². The van der Waals surface area contributed by atoms with Gasteiger partial charge in [-0.1, -0.05) is 51.8 Å². The van der Waals surface area contributed by atoms with Gasteiger partial charge in [-0.3, -0.25) is 9.52 Å². The van der Waals surface area contributed by atoms with Crippen molar-refractivity contribution in [2.24, 2.45) is 0 Å². The van der Waals surface area contributed by atoms with Crippen molar-refractivity contribution in [2.45, 2.75) is 9.79 Å². The van der Waals surface area contributed by atoms with E-state index in [0.717, 1.165) is 25.8 Å². The van der Waals surface area contributed by atoms with E-state index in [1.165, 1.54) is 31.0 Å². The number of hydrogen-bond donors (Lipinski definition) is 2. The quantitative estimate of drug-likeness (QED) is 0.192. The lowest BCUT2D eigenvalue weighted by Gasteiger charge is -2.30. The summed E-state index contributed by atoms with van der Waals surface area (Å²) in [5.74, 6) is 0.216. The minimum Gasteiger partial charge on any atom is -0.495 e. The van der Waals surface area contributed by atoms with Crippen LogP contribution in [-0.4, -0.2) is 53.5 Å². The molecule has 0 atom stereocenters. The van der Waals surface area contributed by atoms with E-state index in [-0.39, 0.29) is 16.6 Å². The number of rotatable bonds is 9. The molecule has 41 heavy (non-hydrogen) atoms. The Balaban J connectivity index is 1.41. The van der Waals surface area contributed by atoms with Crippen molar-refractivity contribution in [1.82, 2.24) is 0 Å². The predicted octanol–water partition coefficient (Wildman–Crippen LogP) is 6.63. The number of methoxy groups -OCH3 is 1. The summed E-state index contributed by atoms with van der Waals surface area (Å²) in [4.78, 5) is 16.2. The number of morpholine rings is 1. The first-order valence-electron chi connectivity index (χ1n) is 12.7. The van der Waals surface area contributed by atoms with Gasteiger partial charge in [-0.05, 0) is 53.9 Å². The second-order valence-electron chi connectivity index (χ2n) is 9.13. The van der Waals surface area contributed by atoms with E-state index in [1.54, 1.807) is 30.3 Å². The molecule has 5 rings (SSSR count). The van der Waals surface area contributed by atoms with E-state index in [2.05, 4.69) is 30.9 Å². The van der Waals surface area contributed by atoms with Crippen LogP contribution in [0, 0.1) is 0 Å². The first kappa shape index (κ1) is 29.5. The summed E-state index contributed by atoms with van der Waals surface area (Å²) in [6.07, 6.45) is 0. The SMILES string of the molecule is COc1ccccc1NS(=O)(=O)c1ccc(N2CCOCC2)c(NC(=O)CSc2ccc(Br)c3cccc(Cl)c23)c1. The number of hydrogen-bond acceptors (Lipinski definition) is 7. The van der Waals surface area contributed by atoms with Gasteiger partial charge in [0, 0.05) is 32.9 Å². The molecule has 1 fully saturated rings. The molecule has 0 aliphatic carbocycles. The number of halogens is 2. The molecule has 0 bridgehead atoms. The van der Waals surface area contributed by atoms with E-state index < -0.39 is 10.0 Å². The monoisotopic (exact) mass is 675 g/mol. The summed E-state index contributed by atoms with van der Waals surface area (Å²) in [6, 6.07) is 21.0. The fraction of sp³-hybridized carbons (Fsp3) is 0.207. The molecule has 0 unspecified atom stereocenters. The lowest BCUT2D eigenvalue weighted by atomic mass is 10.1. The topological polar surface area (TPSA) is 97.0 Å². The molecule has 1 heterocycles. The third-order valence-corrected chi connectivity index (χ3v) is 9.94. The Kier molecular flexibility index (Phi) is 9.30. The highest BCUT2D eigenvalue weighted by molar-refractivity contribution is 9.10. The Hall–Kier alpha value is -2.96. The maximum Gasteiger partial charge on any atom is 0.262 e. The number of fused-ring (bicyclic) bond motifs is 1. The zero-order valence-corrected chi connectivity index (χ0v) is 26.0. The summed E-state index contributed by atoms with van der Waals surface area (Å²) in [6.45, 7) is 2.31. The van der Waals surface area contributed by atoms with Crippen LogP contribution in [0.1, 0.15) is 0 Å². The van der Waals surface area contributed by atoms with Crippen molar-refractivity contribution in [1.29, 1.82) is 0 Å². The molecule has 0 radical (unpaired) electrons. The van der Waals surface area contributed by atoms with Crippen molar-refractivity contribution in [3.8, 4) is 5.75 Å². The summed E-state index contributed by atoms with van der Waals surface area (Å²) >= 11 is 11.4. The average molecular weight is 677 g/mol. The van der Waals surface area contributed by atoms with Crippen LogP contribution in [0.4, 0.5) is 17.1 Å². The van der Waals surface area contributed by atoms with Gasteiger partial charge in [0.1, 0.15) is 5.75 Å². The highest BCUT2D eigenvalue weighted by atomic mass is 79.9. The first-order valence-corrected chi connectivity index (χ1v) is 16.3. The van der Waals surface area contributed by atoms with Crippen LogP contribution in [0.5, 0.6) is 5.75 Å². The predicted molar refractivity (Wildman–Crippen MR) is 169 cm³/mol. The van der Waals surface area contributed by atoms with E-state index in [9.17, 15) is 13.2 Å². The summed E-state index contributed by atoms with van der Waals surface area (Å²) in [7, 11) is -2.52. The van der Waals surface area contributed by atoms with Crippen LogP contribution in [0.25, 0.3) is 10.8 Å². The number of benzene rings is 4. The van der Waals surface area contributed by atoms with Crippen LogP contribution in [0.2, 0.25) is 5.02 Å². The van der Waals surface area contributed by atoms with Crippen molar-refractivity contribution in [3.63, 3.8) is 0 Å². The Labute approximate surface area is 256 Å². The molecule has 4 aromatic rings. The number of anilines is 3. The van der Waals surface area contributed by atoms with Crippen molar-refractivity contribution in [3.05, 3.63) is 82.3 Å². The third-order valence-electron chi connectivity index (χ3n) is 6.51. The Morgan fingerprint density at radius 2 is 1.83 bits per heavy atom. The molecule has 1 saturated heterocycles. The van der Waals surface area contributed by atoms with Gasteiger partial charge < -0.3 is 19.7 Å². The first-order chi connectivity index (χ1) is 19.8. The van der Waals surface area contributed by atoms with Gasteiger partial charge in [0.2, 0.25) is 5.91 Å². The van der Waals surface area contributed by atoms with Crippen molar-refractivity contribution in [2.75, 3.05) is 54.1 Å². The Morgan fingerprint density at radius 1 is 1.05 bits per heavy atom. The van der Waals surface area contributed by atoms with Gasteiger partial charge in [0.05, 0.1) is 48.0 Å². The third kappa shape index (κ3) is 6.76. The minimum absolute atomic E-state index is 0.00838. The second-order valence-corrected chi connectivity index (χ2v) is 13.1. The zero-order chi connectivity index (χ0) is 29.0. The Bertz CT molecular complexity index is 1700. The van der Waals surface area contributed by atoms with Gasteiger partial charge in [0.15, 0.2) is 0 Å². The number of carbonyl (C=O) groups is 1. The van der Waals surface area contributed by atoms with E-state index in [0.29, 0.717) is 48.5 Å². The fourth-order valence-electron chi connectivity index (χ4n) is 4.54. The Morgan fingerprint density at radius 3 is 2.61 bits per heavy atom. The maximum absolute atomic E-state index is 13.4. The van der Waals surface area contributed by atoms with E-state index in [4.69, 9.17) is 21.1 Å². The number of sulfonamides is 1. The largest absolute Gasteiger partial charge is 0.495 e. The molecule has 2 N–H and O–H groups in total. The van der Waals surface area contributed by atoms with Gasteiger partial charge in [-0.2, -0.15) is 0 Å². The number of nitrogens with zero attached hydrogens (tertiary/aromatic N) is 1. The maximum atomic E-state index is 13.4. The summed E-state index contributed by atoms with van der Waals surface area (Å²) in [5.41, 5.74) is 1.44. The van der Waals surface area contributed by atoms with Gasteiger partial charge in [0.25, 0.3) is 10.0 Å². The minimum atomic E-state index is -3.99. The standard InChI is InChI=1S/C29H27BrClN3O5S2/c1-38-26-8-3-2-7-23(26)33-41(36,37)19-9-11-25(34-13-15-39-16-14-34)24(17-19)32-28(35)18-40-27-12-10-21(30)20-5-4-6-22(31)29(20)27/h2-12,17,33H,13-16,18H2,1H3,(H,32,35). The number of carbonyl (C=O) groups excluding carboxylic acids is 1. The lowest BCUT2D eigenvalue weighted by molar-refractivity contribution is -0.113. The van der Waals surface area contributed by atoms with Crippen LogP contribution in [0.15, 0.2) is 87.1 Å². The molecule has 0 spiro atoms. The fourth-order valence-corrected chi connectivity index (χ4v) is 7.32. The number of para-hydroxylation sites is 2. The smallest absolute Gasteiger partial charge is 0.262 e. The van der Waals surface area contributed by atoms with Gasteiger partial charge >= 0.3 is 0 Å². The van der Waals surface area contributed by atoms with Crippen LogP contribution < -0.4 is 19.7 Å². The number of ether oxygens (including phenoxy) is 2. The second kappa shape index (κ2) is 12.9. The zero-order valence-electron chi connectivity index (χ0n) is 22.0. The summed E-state index contributed by atoms with van der Waals surface area (Å²) in [5, 5.41) is 5.37. The molecule has 12 heteroatoms. The highest BCUT2D eigenvalue weighted by Gasteiger charge is 2.22. The molecule has 214 valence electrons. The van der Waals surface area contributed by atoms with Gasteiger partial charge in [-0.15, -0.1) is 11.8 Å². The van der Waals surface area contributed by atoms with Crippen LogP contribution in [-0.2, 0) is 19.6 Å². The normalized spacial score (nSPS) is 13.7. The van der Waals surface area contributed by atoms with Crippen molar-refractivity contribution < 1.29 is 22.7 Å². The molecular weight excluding hydrogens is 650 g/mol. The van der Waals surface area contributed by atoms with E-state index in [1.807, 2.05) is 30.3 Å². The van der Waals surface area contributed by atoms with Gasteiger partial charge in [-0.25, -0.2) is 8.42 Å². The lowest BCUT2D eigenvalue weighted by Crippen LogP contribution is -2.37. The number of amides is 1. The van der Waals surface area contributed by atoms with E-state index >= 15 is 0 Å². The molecule has 8 nitrogen and oxygen atoms in total. The van der Waals surface area contributed by atoms with Crippen LogP contribution in [0.3, 0.4) is 0 Å². The molecule has 1 aliphatic heterocycles. The average Bonchev–Trinajstić information content (AvgIpc) is 2.97. The number of thioether (sulfide) groups is 1. The molecule has 4 aromatic carbocycles. The molecular formula is C29H27BrClN3O5S2. The number of nitrogens with one attached hydrogen (secondary N) is 2. The van der Waals surface area contributed by atoms with Crippen molar-refractivity contribution >= 4 is 83.1 Å².